The van der Waals surface area contributed by atoms with E-state index in [1.165, 1.54) is 24.4 Å². The minimum Gasteiger partial charge on any atom is -0.462 e. The highest BCUT2D eigenvalue weighted by Gasteiger charge is 2.23. The summed E-state index contributed by atoms with van der Waals surface area (Å²) in [5.74, 6) is -0.631. The molecule has 1 aromatic carbocycles. The normalized spacial score (nSPS) is 14.5. The number of aromatic nitrogens is 1. The molecule has 1 saturated heterocycles. The maximum atomic E-state index is 14.0. The third-order valence-corrected chi connectivity index (χ3v) is 4.76. The van der Waals surface area contributed by atoms with E-state index >= 15 is 0 Å². The fourth-order valence-corrected chi connectivity index (χ4v) is 3.26. The Morgan fingerprint density at radius 1 is 1.18 bits per heavy atom. The molecule has 1 aliphatic heterocycles. The van der Waals surface area contributed by atoms with E-state index < -0.39 is 11.8 Å². The zero-order valence-electron chi connectivity index (χ0n) is 15.5. The fourth-order valence-electron chi connectivity index (χ4n) is 3.09. The van der Waals surface area contributed by atoms with Crippen molar-refractivity contribution in [1.82, 2.24) is 9.88 Å². The van der Waals surface area contributed by atoms with Crippen molar-refractivity contribution in [2.45, 2.75) is 13.3 Å². The van der Waals surface area contributed by atoms with Gasteiger partial charge < -0.3 is 14.5 Å². The summed E-state index contributed by atoms with van der Waals surface area (Å²) < 4.78 is 19.0. The van der Waals surface area contributed by atoms with Crippen molar-refractivity contribution in [1.29, 1.82) is 0 Å². The summed E-state index contributed by atoms with van der Waals surface area (Å²) in [6.07, 6.45) is 2.21. The van der Waals surface area contributed by atoms with E-state index in [0.717, 1.165) is 12.2 Å². The molecule has 1 fully saturated rings. The molecule has 0 unspecified atom stereocenters. The van der Waals surface area contributed by atoms with Gasteiger partial charge >= 0.3 is 5.97 Å². The van der Waals surface area contributed by atoms with Crippen LogP contribution in [0.3, 0.4) is 0 Å². The molecule has 148 valence electrons. The summed E-state index contributed by atoms with van der Waals surface area (Å²) in [4.78, 5) is 32.4. The molecule has 6 nitrogen and oxygen atoms in total. The molecule has 0 bridgehead atoms. The maximum Gasteiger partial charge on any atom is 0.339 e. The van der Waals surface area contributed by atoms with Gasteiger partial charge in [0.05, 0.1) is 17.7 Å². The summed E-state index contributed by atoms with van der Waals surface area (Å²) in [5, 5.41) is 0.326. The minimum absolute atomic E-state index is 0.0159. The van der Waals surface area contributed by atoms with Crippen LogP contribution in [0, 0.1) is 5.82 Å². The highest BCUT2D eigenvalue weighted by molar-refractivity contribution is 6.31. The Balaban J connectivity index is 1.67. The minimum atomic E-state index is -0.577. The second-order valence-electron chi connectivity index (χ2n) is 6.38. The van der Waals surface area contributed by atoms with Crippen molar-refractivity contribution in [3.8, 4) is 0 Å². The number of esters is 1. The first-order valence-corrected chi connectivity index (χ1v) is 9.50. The van der Waals surface area contributed by atoms with Gasteiger partial charge in [-0.3, -0.25) is 4.79 Å². The van der Waals surface area contributed by atoms with Gasteiger partial charge in [0.2, 0.25) is 0 Å². The van der Waals surface area contributed by atoms with Gasteiger partial charge in [0.1, 0.15) is 11.6 Å². The number of nitrogens with zero attached hydrogens (tertiary/aromatic N) is 3. The summed E-state index contributed by atoms with van der Waals surface area (Å²) in [6.45, 7) is 4.27. The predicted octanol–water partition coefficient (Wildman–Crippen LogP) is 3.40. The van der Waals surface area contributed by atoms with Crippen molar-refractivity contribution >= 4 is 29.3 Å². The highest BCUT2D eigenvalue weighted by Crippen LogP contribution is 2.19. The van der Waals surface area contributed by atoms with Gasteiger partial charge in [-0.2, -0.15) is 0 Å². The summed E-state index contributed by atoms with van der Waals surface area (Å²) >= 11 is 5.90. The van der Waals surface area contributed by atoms with Gasteiger partial charge in [-0.15, -0.1) is 0 Å². The van der Waals surface area contributed by atoms with Gasteiger partial charge in [-0.25, -0.2) is 14.2 Å². The molecule has 8 heteroatoms. The van der Waals surface area contributed by atoms with E-state index in [-0.39, 0.29) is 11.5 Å². The van der Waals surface area contributed by atoms with E-state index in [1.54, 1.807) is 24.0 Å². The van der Waals surface area contributed by atoms with Crippen molar-refractivity contribution in [3.05, 3.63) is 58.5 Å². The third kappa shape index (κ3) is 4.59. The molecule has 1 amide bonds. The number of ether oxygens (including phenoxy) is 1. The smallest absolute Gasteiger partial charge is 0.339 e. The second kappa shape index (κ2) is 9.01. The van der Waals surface area contributed by atoms with Crippen molar-refractivity contribution in [2.75, 3.05) is 37.7 Å². The molecule has 0 saturated carbocycles. The van der Waals surface area contributed by atoms with Crippen molar-refractivity contribution in [2.24, 2.45) is 0 Å². The van der Waals surface area contributed by atoms with E-state index in [9.17, 15) is 14.0 Å². The van der Waals surface area contributed by atoms with Gasteiger partial charge in [0.25, 0.3) is 5.91 Å². The molecule has 0 N–H and O–H groups in total. The standard InChI is InChI=1S/C20H21ClFN3O3/c1-2-28-20(27)14-4-7-18(23-13-14)24-8-3-9-25(11-10-24)19(26)16-12-15(21)5-6-17(16)22/h4-7,12-13H,2-3,8-11H2,1H3. The molecule has 0 aliphatic carbocycles. The first-order chi connectivity index (χ1) is 13.5. The van der Waals surface area contributed by atoms with Crippen LogP contribution in [-0.4, -0.2) is 54.5 Å². The molecule has 2 heterocycles. The second-order valence-corrected chi connectivity index (χ2v) is 6.82. The largest absolute Gasteiger partial charge is 0.462 e. The average molecular weight is 406 g/mol. The fraction of sp³-hybridized carbons (Fsp3) is 0.350. The number of carbonyl (C=O) groups excluding carboxylic acids is 2. The Morgan fingerprint density at radius 2 is 2.00 bits per heavy atom. The zero-order chi connectivity index (χ0) is 20.1. The summed E-state index contributed by atoms with van der Waals surface area (Å²) in [6, 6.07) is 7.42. The molecule has 1 aromatic heterocycles. The molecule has 2 aromatic rings. The number of pyridine rings is 1. The zero-order valence-corrected chi connectivity index (χ0v) is 16.3. The van der Waals surface area contributed by atoms with Crippen molar-refractivity contribution < 1.29 is 18.7 Å². The first-order valence-electron chi connectivity index (χ1n) is 9.12. The molecule has 0 atom stereocenters. The summed E-state index contributed by atoms with van der Waals surface area (Å²) in [7, 11) is 0. The number of carbonyl (C=O) groups is 2. The number of benzene rings is 1. The van der Waals surface area contributed by atoms with E-state index in [2.05, 4.69) is 4.98 Å². The molecule has 1 aliphatic rings. The van der Waals surface area contributed by atoms with E-state index in [1.807, 2.05) is 4.90 Å². The Morgan fingerprint density at radius 3 is 2.71 bits per heavy atom. The molecular weight excluding hydrogens is 385 g/mol. The van der Waals surface area contributed by atoms with E-state index in [0.29, 0.717) is 43.4 Å². The number of halogens is 2. The number of hydrogen-bond donors (Lipinski definition) is 0. The molecule has 28 heavy (non-hydrogen) atoms. The Labute approximate surface area is 167 Å². The average Bonchev–Trinajstić information content (AvgIpc) is 2.96. The number of anilines is 1. The topological polar surface area (TPSA) is 62.7 Å². The van der Waals surface area contributed by atoms with Crippen molar-refractivity contribution in [3.63, 3.8) is 0 Å². The van der Waals surface area contributed by atoms with Crippen LogP contribution in [0.1, 0.15) is 34.1 Å². The lowest BCUT2D eigenvalue weighted by Gasteiger charge is -2.23. The summed E-state index contributed by atoms with van der Waals surface area (Å²) in [5.41, 5.74) is 0.381. The van der Waals surface area contributed by atoms with Gasteiger partial charge in [0, 0.05) is 37.4 Å². The lowest BCUT2D eigenvalue weighted by molar-refractivity contribution is 0.0525. The molecule has 0 radical (unpaired) electrons. The first kappa shape index (κ1) is 20.1. The number of amides is 1. The maximum absolute atomic E-state index is 14.0. The monoisotopic (exact) mass is 405 g/mol. The van der Waals surface area contributed by atoms with Crippen LogP contribution in [0.15, 0.2) is 36.5 Å². The van der Waals surface area contributed by atoms with Gasteiger partial charge in [0.15, 0.2) is 0 Å². The van der Waals surface area contributed by atoms with Crippen LogP contribution in [0.4, 0.5) is 10.2 Å². The highest BCUT2D eigenvalue weighted by atomic mass is 35.5. The Kier molecular flexibility index (Phi) is 6.46. The van der Waals surface area contributed by atoms with E-state index in [4.69, 9.17) is 16.3 Å². The van der Waals surface area contributed by atoms with Crippen LogP contribution >= 0.6 is 11.6 Å². The Hall–Kier alpha value is -2.67. The lowest BCUT2D eigenvalue weighted by Crippen LogP contribution is -2.35. The SMILES string of the molecule is CCOC(=O)c1ccc(N2CCCN(C(=O)c3cc(Cl)ccc3F)CC2)nc1. The Bertz CT molecular complexity index is 860. The third-order valence-electron chi connectivity index (χ3n) is 4.52. The van der Waals surface area contributed by atoms with Crippen LogP contribution in [-0.2, 0) is 4.74 Å². The van der Waals surface area contributed by atoms with Gasteiger partial charge in [-0.05, 0) is 43.7 Å². The predicted molar refractivity (Wildman–Crippen MR) is 104 cm³/mol. The molecule has 0 spiro atoms. The lowest BCUT2D eigenvalue weighted by atomic mass is 10.2. The van der Waals surface area contributed by atoms with Crippen LogP contribution in [0.5, 0.6) is 0 Å². The number of hydrogen-bond acceptors (Lipinski definition) is 5. The molecule has 3 rings (SSSR count). The van der Waals surface area contributed by atoms with Crippen LogP contribution in [0.2, 0.25) is 5.02 Å². The molecular formula is C20H21ClFN3O3. The van der Waals surface area contributed by atoms with Crippen LogP contribution in [0.25, 0.3) is 0 Å². The van der Waals surface area contributed by atoms with Gasteiger partial charge in [-0.1, -0.05) is 11.6 Å². The quantitative estimate of drug-likeness (QED) is 0.729. The van der Waals surface area contributed by atoms with Crippen LogP contribution < -0.4 is 4.90 Å². The number of rotatable bonds is 4.